The van der Waals surface area contributed by atoms with E-state index in [1.54, 1.807) is 0 Å². The monoisotopic (exact) mass is 805 g/mol. The van der Waals surface area contributed by atoms with Crippen LogP contribution in [0.5, 0.6) is 0 Å². The van der Waals surface area contributed by atoms with Gasteiger partial charge in [-0.05, 0) is 147 Å². The molecule has 0 amide bonds. The Hall–Kier alpha value is -8.65. The fourth-order valence-corrected chi connectivity index (χ4v) is 8.66. The lowest BCUT2D eigenvalue weighted by molar-refractivity contribution is 0.669. The molecule has 10 aromatic carbocycles. The van der Waals surface area contributed by atoms with Crippen molar-refractivity contribution in [1.29, 1.82) is 5.26 Å². The molecule has 11 aromatic rings. The number of hydrogen-bond acceptors (Lipinski definition) is 4. The average Bonchev–Trinajstić information content (AvgIpc) is 3.73. The smallest absolute Gasteiger partial charge is 0.137 e. The van der Waals surface area contributed by atoms with Crippen LogP contribution in [0, 0.1) is 11.3 Å². The highest BCUT2D eigenvalue weighted by Gasteiger charge is 2.17. The Labute approximate surface area is 366 Å². The van der Waals surface area contributed by atoms with E-state index in [0.717, 1.165) is 83.9 Å². The predicted octanol–water partition coefficient (Wildman–Crippen LogP) is 16.6. The van der Waals surface area contributed by atoms with Gasteiger partial charge in [0.2, 0.25) is 0 Å². The van der Waals surface area contributed by atoms with Crippen molar-refractivity contribution < 1.29 is 4.42 Å². The third kappa shape index (κ3) is 7.24. The zero-order valence-electron chi connectivity index (χ0n) is 34.3. The van der Waals surface area contributed by atoms with Crippen LogP contribution in [0.2, 0.25) is 0 Å². The zero-order chi connectivity index (χ0) is 42.1. The molecule has 0 atom stereocenters. The molecule has 4 nitrogen and oxygen atoms in total. The third-order valence-corrected chi connectivity index (χ3v) is 11.9. The Kier molecular flexibility index (Phi) is 9.54. The normalized spacial score (nSPS) is 11.2. The van der Waals surface area contributed by atoms with E-state index in [1.165, 1.54) is 16.3 Å². The minimum atomic E-state index is 0.633. The first-order chi connectivity index (χ1) is 31.1. The number of anilines is 6. The van der Waals surface area contributed by atoms with Gasteiger partial charge >= 0.3 is 0 Å². The van der Waals surface area contributed by atoms with Gasteiger partial charge in [0.25, 0.3) is 0 Å². The summed E-state index contributed by atoms with van der Waals surface area (Å²) in [6.07, 6.45) is 0. The van der Waals surface area contributed by atoms with E-state index in [4.69, 9.17) is 4.42 Å². The summed E-state index contributed by atoms with van der Waals surface area (Å²) in [7, 11) is 0. The molecule has 1 aromatic heterocycles. The first-order valence-electron chi connectivity index (χ1n) is 21.1. The second-order valence-corrected chi connectivity index (χ2v) is 15.7. The molecule has 4 heteroatoms. The molecule has 0 aliphatic carbocycles. The topological polar surface area (TPSA) is 43.4 Å². The number of nitrogens with zero attached hydrogens (tertiary/aromatic N) is 3. The van der Waals surface area contributed by atoms with Gasteiger partial charge in [0.1, 0.15) is 11.2 Å². The van der Waals surface area contributed by atoms with Gasteiger partial charge in [-0.3, -0.25) is 0 Å². The summed E-state index contributed by atoms with van der Waals surface area (Å²) in [5, 5.41) is 14.1. The summed E-state index contributed by atoms with van der Waals surface area (Å²) in [6, 6.07) is 85.2. The van der Waals surface area contributed by atoms with Crippen LogP contribution in [-0.4, -0.2) is 0 Å². The third-order valence-electron chi connectivity index (χ3n) is 11.9. The second kappa shape index (κ2) is 16.1. The standard InChI is InChI=1S/C59H39N3O/c60-40-41-15-27-51(28-16-41)61(52-29-21-43(22-30-52)42-9-3-1-4-10-42)53-31-23-44(24-32-53)47-19-17-46-18-20-48(38-49(46)37-47)45-25-33-54(34-26-45)62(50-11-5-2-6-12-50)55-35-36-57-56-13-7-8-14-58(56)63-59(57)39-55/h1-39H. The highest BCUT2D eigenvalue weighted by atomic mass is 16.3. The lowest BCUT2D eigenvalue weighted by Gasteiger charge is -2.26. The van der Waals surface area contributed by atoms with Crippen molar-refractivity contribution in [2.75, 3.05) is 9.80 Å². The molecule has 0 spiro atoms. The van der Waals surface area contributed by atoms with Crippen molar-refractivity contribution in [3.8, 4) is 39.4 Å². The van der Waals surface area contributed by atoms with E-state index in [-0.39, 0.29) is 0 Å². The summed E-state index contributed by atoms with van der Waals surface area (Å²) in [5.74, 6) is 0. The molecule has 296 valence electrons. The molecule has 0 unspecified atom stereocenters. The maximum absolute atomic E-state index is 9.49. The minimum Gasteiger partial charge on any atom is -0.456 e. The van der Waals surface area contributed by atoms with Crippen LogP contribution in [0.25, 0.3) is 66.1 Å². The van der Waals surface area contributed by atoms with Gasteiger partial charge in [0, 0.05) is 51.0 Å². The van der Waals surface area contributed by atoms with Crippen molar-refractivity contribution in [1.82, 2.24) is 0 Å². The van der Waals surface area contributed by atoms with Crippen molar-refractivity contribution in [3.63, 3.8) is 0 Å². The first-order valence-corrected chi connectivity index (χ1v) is 21.1. The van der Waals surface area contributed by atoms with Gasteiger partial charge in [-0.25, -0.2) is 0 Å². The van der Waals surface area contributed by atoms with Gasteiger partial charge < -0.3 is 14.2 Å². The lowest BCUT2D eigenvalue weighted by Crippen LogP contribution is -2.09. The highest BCUT2D eigenvalue weighted by Crippen LogP contribution is 2.40. The molecular formula is C59H39N3O. The largest absolute Gasteiger partial charge is 0.456 e. The van der Waals surface area contributed by atoms with E-state index in [0.29, 0.717) is 5.56 Å². The van der Waals surface area contributed by atoms with Crippen molar-refractivity contribution in [2.24, 2.45) is 0 Å². The maximum Gasteiger partial charge on any atom is 0.137 e. The molecule has 0 saturated carbocycles. The summed E-state index contributed by atoms with van der Waals surface area (Å²) in [6.45, 7) is 0. The van der Waals surface area contributed by atoms with Crippen LogP contribution < -0.4 is 9.80 Å². The fourth-order valence-electron chi connectivity index (χ4n) is 8.66. The van der Waals surface area contributed by atoms with Gasteiger partial charge in [-0.1, -0.05) is 127 Å². The summed E-state index contributed by atoms with van der Waals surface area (Å²) in [4.78, 5) is 4.51. The minimum absolute atomic E-state index is 0.633. The summed E-state index contributed by atoms with van der Waals surface area (Å²) < 4.78 is 6.30. The molecule has 0 aliphatic heterocycles. The SMILES string of the molecule is N#Cc1ccc(N(c2ccc(-c3ccccc3)cc2)c2ccc(-c3ccc4ccc(-c5ccc(N(c6ccccc6)c6ccc7c(c6)oc6ccccc67)cc5)cc4c3)cc2)cc1. The average molecular weight is 806 g/mol. The van der Waals surface area contributed by atoms with Crippen LogP contribution in [0.4, 0.5) is 34.1 Å². The molecular weight excluding hydrogens is 767 g/mol. The van der Waals surface area contributed by atoms with Gasteiger partial charge in [-0.15, -0.1) is 0 Å². The fraction of sp³-hybridized carbons (Fsp3) is 0. The molecule has 0 bridgehead atoms. The number of fused-ring (bicyclic) bond motifs is 4. The molecule has 11 rings (SSSR count). The summed E-state index contributed by atoms with van der Waals surface area (Å²) >= 11 is 0. The number of rotatable bonds is 9. The molecule has 0 N–H and O–H groups in total. The van der Waals surface area contributed by atoms with Gasteiger partial charge in [-0.2, -0.15) is 5.26 Å². The van der Waals surface area contributed by atoms with Crippen LogP contribution in [0.15, 0.2) is 241 Å². The highest BCUT2D eigenvalue weighted by molar-refractivity contribution is 6.06. The number of furan rings is 1. The Morgan fingerprint density at radius 3 is 1.29 bits per heavy atom. The quantitative estimate of drug-likeness (QED) is 0.146. The van der Waals surface area contributed by atoms with Crippen LogP contribution in [0.3, 0.4) is 0 Å². The van der Waals surface area contributed by atoms with Gasteiger partial charge in [0.05, 0.1) is 11.6 Å². The summed E-state index contributed by atoms with van der Waals surface area (Å²) in [5.41, 5.74) is 15.6. The molecule has 1 heterocycles. The van der Waals surface area contributed by atoms with Crippen LogP contribution >= 0.6 is 0 Å². The Morgan fingerprint density at radius 1 is 0.302 bits per heavy atom. The Morgan fingerprint density at radius 2 is 0.714 bits per heavy atom. The van der Waals surface area contributed by atoms with E-state index in [1.807, 2.05) is 48.5 Å². The van der Waals surface area contributed by atoms with E-state index in [9.17, 15) is 5.26 Å². The van der Waals surface area contributed by atoms with Crippen LogP contribution in [0.1, 0.15) is 5.56 Å². The molecule has 0 fully saturated rings. The molecule has 0 aliphatic rings. The number of para-hydroxylation sites is 2. The Bertz CT molecular complexity index is 3420. The predicted molar refractivity (Wildman–Crippen MR) is 262 cm³/mol. The lowest BCUT2D eigenvalue weighted by atomic mass is 9.97. The van der Waals surface area contributed by atoms with E-state index >= 15 is 0 Å². The van der Waals surface area contributed by atoms with Gasteiger partial charge in [0.15, 0.2) is 0 Å². The van der Waals surface area contributed by atoms with Crippen molar-refractivity contribution >= 4 is 66.8 Å². The number of nitriles is 1. The van der Waals surface area contributed by atoms with Crippen molar-refractivity contribution in [2.45, 2.75) is 0 Å². The van der Waals surface area contributed by atoms with Crippen molar-refractivity contribution in [3.05, 3.63) is 242 Å². The Balaban J connectivity index is 0.886. The van der Waals surface area contributed by atoms with E-state index in [2.05, 4.69) is 204 Å². The van der Waals surface area contributed by atoms with E-state index < -0.39 is 0 Å². The maximum atomic E-state index is 9.49. The number of benzene rings is 10. The second-order valence-electron chi connectivity index (χ2n) is 15.7. The number of hydrogen-bond donors (Lipinski definition) is 0. The van der Waals surface area contributed by atoms with Crippen LogP contribution in [-0.2, 0) is 0 Å². The zero-order valence-corrected chi connectivity index (χ0v) is 34.3. The molecule has 0 radical (unpaired) electrons. The molecule has 63 heavy (non-hydrogen) atoms. The first kappa shape index (κ1) is 37.4. The molecule has 0 saturated heterocycles.